The molecule has 1 aliphatic carbocycles. The molecule has 0 bridgehead atoms. The molecule has 1 aromatic heterocycles. The zero-order chi connectivity index (χ0) is 40.4. The number of hydrogen-bond acceptors (Lipinski definition) is 7. The van der Waals surface area contributed by atoms with Gasteiger partial charge in [-0.15, -0.1) is 11.3 Å². The first-order valence-corrected chi connectivity index (χ1v) is 23.1. The molecule has 10 heteroatoms. The van der Waals surface area contributed by atoms with Crippen molar-refractivity contribution in [3.63, 3.8) is 0 Å². The Morgan fingerprint density at radius 1 is 0.862 bits per heavy atom. The summed E-state index contributed by atoms with van der Waals surface area (Å²) in [6.45, 7) is 7.30. The molecule has 0 radical (unpaired) electrons. The number of carbonyl (C=O) groups is 2. The molecule has 0 unspecified atom stereocenters. The van der Waals surface area contributed by atoms with Crippen LogP contribution in [-0.2, 0) is 25.2 Å². The van der Waals surface area contributed by atoms with E-state index in [1.165, 1.54) is 16.2 Å². The molecule has 2 amide bonds. The molecule has 3 aliphatic rings. The lowest BCUT2D eigenvalue weighted by atomic mass is 9.58. The van der Waals surface area contributed by atoms with E-state index in [1.807, 2.05) is 60.0 Å². The molecule has 4 aromatic carbocycles. The van der Waals surface area contributed by atoms with Crippen LogP contribution in [0.5, 0.6) is 5.75 Å². The number of nitrogens with zero attached hydrogens (tertiary/aromatic N) is 1. The van der Waals surface area contributed by atoms with Crippen molar-refractivity contribution in [2.24, 2.45) is 17.8 Å². The van der Waals surface area contributed by atoms with Crippen molar-refractivity contribution in [2.45, 2.75) is 64.0 Å². The van der Waals surface area contributed by atoms with Crippen LogP contribution >= 0.6 is 11.3 Å². The van der Waals surface area contributed by atoms with E-state index in [9.17, 15) is 19.7 Å². The number of phenols is 1. The first-order chi connectivity index (χ1) is 28.0. The highest BCUT2D eigenvalue weighted by molar-refractivity contribution is 7.09. The fourth-order valence-electron chi connectivity index (χ4n) is 9.64. The topological polar surface area (TPSA) is 96.3 Å². The van der Waals surface area contributed by atoms with Crippen molar-refractivity contribution in [3.8, 4) is 5.75 Å². The van der Waals surface area contributed by atoms with Gasteiger partial charge in [-0.3, -0.25) is 14.5 Å². The van der Waals surface area contributed by atoms with Gasteiger partial charge in [0.2, 0.25) is 11.8 Å². The number of amides is 2. The highest BCUT2D eigenvalue weighted by atomic mass is 32.1. The summed E-state index contributed by atoms with van der Waals surface area (Å²) in [5, 5.41) is 25.4. The zero-order valence-electron chi connectivity index (χ0n) is 33.3. The molecular weight excluding hydrogens is 757 g/mol. The van der Waals surface area contributed by atoms with Crippen LogP contribution in [0.3, 0.4) is 0 Å². The Hall–Kier alpha value is -4.84. The molecule has 2 fully saturated rings. The lowest BCUT2D eigenvalue weighted by Crippen LogP contribution is -2.66. The molecule has 0 saturated carbocycles. The van der Waals surface area contributed by atoms with E-state index in [1.54, 1.807) is 12.1 Å². The Labute approximate surface area is 346 Å². The van der Waals surface area contributed by atoms with Crippen molar-refractivity contribution >= 4 is 60.6 Å². The lowest BCUT2D eigenvalue weighted by Gasteiger charge is -2.46. The SMILES string of the molecule is CC(C)(C)[Si](OCC1=C2[C@@H](CC/C(=C/c3ccc(O)cc3)c3ccccc3)OB(O)C[C@@H]2[C@@H]2C(=O)N(Cc3cccs3)C(=O)[C@@H]2C1)(c1ccccc1)c1ccccc1. The summed E-state index contributed by atoms with van der Waals surface area (Å²) in [7, 11) is -4.08. The standard InChI is InChI=1S/C48H50BNO6SSi/c1-48(2,3)58(39-17-9-5-10-18-39,40-19-11-6-12-20-40)55-32-36-29-41-45(47(53)50(46(41)52)31-38-16-13-27-57-38)42-30-49(54)56-43(44(36)42)26-23-35(34-14-7-4-8-15-34)28-33-21-24-37(51)25-22-33/h4-22,24-25,27-28,41-43,45,51,54H,23,26,29-32H2,1-3H3/b35-28-/t41-,42+,43-,45-/m1/s1. The van der Waals surface area contributed by atoms with Gasteiger partial charge in [-0.2, -0.15) is 0 Å². The molecule has 8 rings (SSSR count). The molecule has 2 N–H and O–H groups in total. The Kier molecular flexibility index (Phi) is 11.6. The average molecular weight is 808 g/mol. The summed E-state index contributed by atoms with van der Waals surface area (Å²) in [6.07, 6.45) is 3.41. The minimum absolute atomic E-state index is 0.147. The van der Waals surface area contributed by atoms with Gasteiger partial charge in [-0.05, 0) is 98.3 Å². The summed E-state index contributed by atoms with van der Waals surface area (Å²) in [4.78, 5) is 31.2. The third-order valence-corrected chi connectivity index (χ3v) is 18.1. The largest absolute Gasteiger partial charge is 0.508 e. The fraction of sp³-hybridized carbons (Fsp3) is 0.292. The number of hydrogen-bond donors (Lipinski definition) is 2. The number of carbonyl (C=O) groups excluding carboxylic acids is 2. The number of likely N-dealkylation sites (tertiary alicyclic amines) is 1. The van der Waals surface area contributed by atoms with Gasteiger partial charge in [-0.1, -0.05) is 136 Å². The number of benzene rings is 4. The second-order valence-corrected chi connectivity index (χ2v) is 22.1. The van der Waals surface area contributed by atoms with Crippen LogP contribution in [0.2, 0.25) is 11.4 Å². The van der Waals surface area contributed by atoms with Crippen LogP contribution < -0.4 is 10.4 Å². The number of phenolic OH excluding ortho intramolecular Hbond substituents is 1. The smallest absolute Gasteiger partial charge is 0.455 e. The Bertz CT molecular complexity index is 2240. The first-order valence-electron chi connectivity index (χ1n) is 20.3. The monoisotopic (exact) mass is 807 g/mol. The molecule has 0 spiro atoms. The van der Waals surface area contributed by atoms with Crippen molar-refractivity contribution < 1.29 is 28.8 Å². The summed E-state index contributed by atoms with van der Waals surface area (Å²) >= 11 is 1.54. The third-order valence-electron chi connectivity index (χ3n) is 12.2. The molecule has 2 saturated heterocycles. The predicted octanol–water partition coefficient (Wildman–Crippen LogP) is 8.35. The maximum atomic E-state index is 14.5. The molecule has 296 valence electrons. The quantitative estimate of drug-likeness (QED) is 0.0570. The van der Waals surface area contributed by atoms with E-state index >= 15 is 0 Å². The van der Waals surface area contributed by atoms with Crippen molar-refractivity contribution in [1.82, 2.24) is 4.90 Å². The van der Waals surface area contributed by atoms with Crippen LogP contribution in [0.4, 0.5) is 0 Å². The Morgan fingerprint density at radius 3 is 2.10 bits per heavy atom. The summed E-state index contributed by atoms with van der Waals surface area (Å²) < 4.78 is 14.1. The van der Waals surface area contributed by atoms with Gasteiger partial charge in [0.25, 0.3) is 8.32 Å². The minimum Gasteiger partial charge on any atom is -0.508 e. The van der Waals surface area contributed by atoms with Crippen LogP contribution in [0.25, 0.3) is 11.6 Å². The number of imide groups is 1. The van der Waals surface area contributed by atoms with E-state index in [-0.39, 0.29) is 48.0 Å². The van der Waals surface area contributed by atoms with Crippen molar-refractivity contribution in [2.75, 3.05) is 6.61 Å². The number of fused-ring (bicyclic) bond motifs is 3. The van der Waals surface area contributed by atoms with Gasteiger partial charge in [0.15, 0.2) is 0 Å². The molecule has 58 heavy (non-hydrogen) atoms. The van der Waals surface area contributed by atoms with Crippen LogP contribution in [0.1, 0.15) is 56.0 Å². The molecule has 3 heterocycles. The summed E-state index contributed by atoms with van der Waals surface area (Å²) in [5.74, 6) is -1.61. The highest BCUT2D eigenvalue weighted by Crippen LogP contribution is 2.51. The predicted molar refractivity (Wildman–Crippen MR) is 235 cm³/mol. The van der Waals surface area contributed by atoms with Gasteiger partial charge < -0.3 is 19.2 Å². The molecule has 4 atom stereocenters. The zero-order valence-corrected chi connectivity index (χ0v) is 35.1. The van der Waals surface area contributed by atoms with E-state index in [0.717, 1.165) is 43.1 Å². The van der Waals surface area contributed by atoms with E-state index in [0.29, 0.717) is 19.3 Å². The summed E-state index contributed by atoms with van der Waals surface area (Å²) in [5.41, 5.74) is 5.11. The number of aromatic hydroxyl groups is 1. The van der Waals surface area contributed by atoms with E-state index in [4.69, 9.17) is 9.08 Å². The van der Waals surface area contributed by atoms with Gasteiger partial charge in [-0.25, -0.2) is 0 Å². The Balaban J connectivity index is 1.21. The van der Waals surface area contributed by atoms with Gasteiger partial charge in [0, 0.05) is 4.88 Å². The van der Waals surface area contributed by atoms with Crippen molar-refractivity contribution in [3.05, 3.63) is 160 Å². The molecule has 7 nitrogen and oxygen atoms in total. The second-order valence-electron chi connectivity index (χ2n) is 16.8. The van der Waals surface area contributed by atoms with Crippen LogP contribution in [0.15, 0.2) is 144 Å². The Morgan fingerprint density at radius 2 is 1.50 bits per heavy atom. The van der Waals surface area contributed by atoms with Crippen LogP contribution in [0, 0.1) is 17.8 Å². The lowest BCUT2D eigenvalue weighted by molar-refractivity contribution is -0.140. The third kappa shape index (κ3) is 7.84. The molecule has 5 aromatic rings. The van der Waals surface area contributed by atoms with Gasteiger partial charge >= 0.3 is 7.12 Å². The molecule has 2 aliphatic heterocycles. The number of allylic oxidation sites excluding steroid dienone is 1. The maximum Gasteiger partial charge on any atom is 0.455 e. The normalized spacial score (nSPS) is 21.3. The fourth-order valence-corrected chi connectivity index (χ4v) is 14.9. The summed E-state index contributed by atoms with van der Waals surface area (Å²) in [6, 6.07) is 42.3. The average Bonchev–Trinajstić information content (AvgIpc) is 3.83. The van der Waals surface area contributed by atoms with Gasteiger partial charge in [0.05, 0.1) is 31.1 Å². The van der Waals surface area contributed by atoms with Crippen molar-refractivity contribution in [1.29, 1.82) is 0 Å². The molecular formula is C48H50BNO6SSi. The van der Waals surface area contributed by atoms with E-state index in [2.05, 4.69) is 87.5 Å². The number of rotatable bonds is 12. The number of thiophene rings is 1. The van der Waals surface area contributed by atoms with Crippen LogP contribution in [-0.4, -0.2) is 55.0 Å². The van der Waals surface area contributed by atoms with Gasteiger partial charge in [0.1, 0.15) is 5.75 Å². The first kappa shape index (κ1) is 40.0. The minimum atomic E-state index is -2.99. The maximum absolute atomic E-state index is 14.5. The van der Waals surface area contributed by atoms with E-state index < -0.39 is 33.4 Å². The second kappa shape index (κ2) is 16.8. The highest BCUT2D eigenvalue weighted by Gasteiger charge is 2.58.